The van der Waals surface area contributed by atoms with Crippen molar-refractivity contribution in [2.75, 3.05) is 0 Å². The van der Waals surface area contributed by atoms with Gasteiger partial charge in [-0.15, -0.1) is 66.5 Å². The third-order valence-electron chi connectivity index (χ3n) is 5.29. The van der Waals surface area contributed by atoms with Crippen LogP contribution >= 0.6 is 66.5 Å². The van der Waals surface area contributed by atoms with E-state index in [2.05, 4.69) is 43.3 Å². The van der Waals surface area contributed by atoms with E-state index in [-0.39, 0.29) is 11.1 Å². The molecule has 0 spiro atoms. The molecule has 0 aliphatic heterocycles. The summed E-state index contributed by atoms with van der Waals surface area (Å²) in [4.78, 5) is 0. The number of rotatable bonds is 6. The largest absolute Gasteiger partial charge is 0.348 e. The van der Waals surface area contributed by atoms with Crippen LogP contribution in [0.1, 0.15) is 48.9 Å². The van der Waals surface area contributed by atoms with E-state index in [0.717, 1.165) is 40.1 Å². The van der Waals surface area contributed by atoms with Crippen LogP contribution in [0.3, 0.4) is 0 Å². The second kappa shape index (κ2) is 8.84. The van der Waals surface area contributed by atoms with Gasteiger partial charge < -0.3 is 0 Å². The smallest absolute Gasteiger partial charge is 0.125 e. The average Bonchev–Trinajstić information content (AvgIpc) is 2.60. The first-order valence-corrected chi connectivity index (χ1v) is 19.4. The molecule has 3 rings (SSSR count). The molecule has 2 atom stereocenters. The van der Waals surface area contributed by atoms with Gasteiger partial charge in [0.1, 0.15) is 0 Å². The molecule has 0 nitrogen and oxygen atoms in total. The summed E-state index contributed by atoms with van der Waals surface area (Å²) in [5, 5.41) is 4.52. The Bertz CT molecular complexity index is 994. The summed E-state index contributed by atoms with van der Waals surface area (Å²) in [6.07, 6.45) is 1.45. The number of hydrogen-bond donors (Lipinski definition) is 0. The van der Waals surface area contributed by atoms with Crippen molar-refractivity contribution < 1.29 is 0 Å². The summed E-state index contributed by atoms with van der Waals surface area (Å²) in [5.41, 5.74) is 1.73. The zero-order chi connectivity index (χ0) is 20.7. The third-order valence-corrected chi connectivity index (χ3v) is 13.0. The molecule has 0 heterocycles. The number of halogens is 6. The number of hydrogen-bond acceptors (Lipinski definition) is 0. The van der Waals surface area contributed by atoms with Gasteiger partial charge in [0.2, 0.25) is 0 Å². The standard InChI is InChI=1S/C20H20Cl6Si2/c1-3-18(27(21,22)23)16-10-9-15-11-13-7-5-6-8-14(13)12-17(15)20(16)19(4-2)28(24,25)26/h5-12,18-19H,3-4H2,1-2H3. The Balaban J connectivity index is 2.42. The molecule has 0 saturated carbocycles. The van der Waals surface area contributed by atoms with Gasteiger partial charge in [-0.3, -0.25) is 0 Å². The predicted molar refractivity (Wildman–Crippen MR) is 134 cm³/mol. The highest BCUT2D eigenvalue weighted by Crippen LogP contribution is 2.48. The first kappa shape index (κ1) is 23.0. The molecule has 0 aliphatic rings. The minimum Gasteiger partial charge on any atom is -0.125 e. The minimum absolute atomic E-state index is 0.154. The zero-order valence-electron chi connectivity index (χ0n) is 15.5. The summed E-state index contributed by atoms with van der Waals surface area (Å²) < 4.78 is 0. The van der Waals surface area contributed by atoms with E-state index in [9.17, 15) is 0 Å². The molecule has 28 heavy (non-hydrogen) atoms. The van der Waals surface area contributed by atoms with E-state index >= 15 is 0 Å². The first-order valence-electron chi connectivity index (χ1n) is 9.16. The molecule has 0 aliphatic carbocycles. The maximum absolute atomic E-state index is 6.57. The van der Waals surface area contributed by atoms with Gasteiger partial charge in [-0.05, 0) is 57.6 Å². The van der Waals surface area contributed by atoms with Gasteiger partial charge in [-0.2, -0.15) is 0 Å². The van der Waals surface area contributed by atoms with Gasteiger partial charge in [0.15, 0.2) is 0 Å². The lowest BCUT2D eigenvalue weighted by Crippen LogP contribution is -2.29. The highest BCUT2D eigenvalue weighted by Gasteiger charge is 2.43. The van der Waals surface area contributed by atoms with E-state index in [4.69, 9.17) is 66.5 Å². The van der Waals surface area contributed by atoms with Gasteiger partial charge in [0, 0.05) is 11.1 Å². The third kappa shape index (κ3) is 4.65. The van der Waals surface area contributed by atoms with Crippen LogP contribution in [-0.2, 0) is 0 Å². The van der Waals surface area contributed by atoms with E-state index in [1.165, 1.54) is 5.39 Å². The van der Waals surface area contributed by atoms with Crippen molar-refractivity contribution >= 4 is 100 Å². The molecule has 0 saturated heterocycles. The maximum atomic E-state index is 6.57. The van der Waals surface area contributed by atoms with Crippen molar-refractivity contribution in [2.45, 2.75) is 37.8 Å². The Labute approximate surface area is 196 Å². The van der Waals surface area contributed by atoms with Crippen molar-refractivity contribution in [3.8, 4) is 0 Å². The first-order chi connectivity index (χ1) is 13.1. The molecule has 150 valence electrons. The number of fused-ring (bicyclic) bond motifs is 2. The van der Waals surface area contributed by atoms with Crippen LogP contribution in [0.25, 0.3) is 21.5 Å². The molecular formula is C20H20Cl6Si2. The monoisotopic (exact) mass is 526 g/mol. The second-order valence-corrected chi connectivity index (χ2v) is 24.8. The number of benzene rings is 3. The van der Waals surface area contributed by atoms with Crippen molar-refractivity contribution in [1.29, 1.82) is 0 Å². The lowest BCUT2D eigenvalue weighted by molar-refractivity contribution is 0.817. The highest BCUT2D eigenvalue weighted by molar-refractivity contribution is 7.65. The molecule has 3 aromatic carbocycles. The fourth-order valence-corrected chi connectivity index (χ4v) is 11.0. The van der Waals surface area contributed by atoms with E-state index in [1.54, 1.807) is 0 Å². The normalized spacial score (nSPS) is 15.1. The Morgan fingerprint density at radius 2 is 1.21 bits per heavy atom. The van der Waals surface area contributed by atoms with Crippen molar-refractivity contribution in [1.82, 2.24) is 0 Å². The summed E-state index contributed by atoms with van der Waals surface area (Å²) >= 11 is 39.2. The minimum atomic E-state index is -3.06. The maximum Gasteiger partial charge on any atom is 0.348 e. The Morgan fingerprint density at radius 1 is 0.679 bits per heavy atom. The van der Waals surface area contributed by atoms with Crippen molar-refractivity contribution in [3.63, 3.8) is 0 Å². The van der Waals surface area contributed by atoms with Crippen molar-refractivity contribution in [3.05, 3.63) is 59.7 Å². The molecule has 0 radical (unpaired) electrons. The Hall–Kier alpha value is 0.354. The SMILES string of the molecule is CCC(c1ccc2cc3ccccc3cc2c1C(CC)[Si](Cl)(Cl)Cl)[Si](Cl)(Cl)Cl. The van der Waals surface area contributed by atoms with Gasteiger partial charge in [0.05, 0.1) is 0 Å². The fourth-order valence-electron chi connectivity index (χ4n) is 3.97. The van der Waals surface area contributed by atoms with E-state index in [0.29, 0.717) is 0 Å². The van der Waals surface area contributed by atoms with Crippen LogP contribution in [0, 0.1) is 0 Å². The summed E-state index contributed by atoms with van der Waals surface area (Å²) in [6.45, 7) is 4.10. The van der Waals surface area contributed by atoms with Crippen LogP contribution < -0.4 is 0 Å². The molecular weight excluding hydrogens is 509 g/mol. The molecule has 0 bridgehead atoms. The average molecular weight is 529 g/mol. The second-order valence-electron chi connectivity index (χ2n) is 6.99. The molecule has 0 N–H and O–H groups in total. The summed E-state index contributed by atoms with van der Waals surface area (Å²) in [7, 11) is 0. The topological polar surface area (TPSA) is 0 Å². The Morgan fingerprint density at radius 3 is 1.71 bits per heavy atom. The van der Waals surface area contributed by atoms with Crippen LogP contribution in [-0.4, -0.2) is 12.0 Å². The van der Waals surface area contributed by atoms with Crippen LogP contribution in [0.15, 0.2) is 48.5 Å². The highest BCUT2D eigenvalue weighted by atomic mass is 35.8. The quantitative estimate of drug-likeness (QED) is 0.170. The van der Waals surface area contributed by atoms with E-state index in [1.807, 2.05) is 19.1 Å². The predicted octanol–water partition coefficient (Wildman–Crippen LogP) is 9.37. The zero-order valence-corrected chi connectivity index (χ0v) is 22.0. The summed E-state index contributed by atoms with van der Waals surface area (Å²) in [6, 6.07) is 10.7. The van der Waals surface area contributed by atoms with Crippen LogP contribution in [0.2, 0.25) is 0 Å². The molecule has 0 amide bonds. The molecule has 0 fully saturated rings. The molecule has 8 heteroatoms. The lowest BCUT2D eigenvalue weighted by atomic mass is 9.91. The molecule has 3 aromatic rings. The van der Waals surface area contributed by atoms with Crippen LogP contribution in [0.5, 0.6) is 0 Å². The molecule has 0 aromatic heterocycles. The van der Waals surface area contributed by atoms with Crippen LogP contribution in [0.4, 0.5) is 0 Å². The lowest BCUT2D eigenvalue weighted by Gasteiger charge is -2.30. The fraction of sp³-hybridized carbons (Fsp3) is 0.300. The van der Waals surface area contributed by atoms with Crippen molar-refractivity contribution in [2.24, 2.45) is 0 Å². The van der Waals surface area contributed by atoms with E-state index < -0.39 is 12.0 Å². The van der Waals surface area contributed by atoms with Gasteiger partial charge in [0.25, 0.3) is 0 Å². The molecule has 2 unspecified atom stereocenters. The Kier molecular flexibility index (Phi) is 7.27. The summed E-state index contributed by atoms with van der Waals surface area (Å²) in [5.74, 6) is 0. The van der Waals surface area contributed by atoms with Gasteiger partial charge in [-0.1, -0.05) is 50.2 Å². The van der Waals surface area contributed by atoms with Gasteiger partial charge in [-0.25, -0.2) is 0 Å². The van der Waals surface area contributed by atoms with Gasteiger partial charge >= 0.3 is 12.0 Å².